The molecule has 4 aromatic rings. The number of rotatable bonds is 3. The van der Waals surface area contributed by atoms with Gasteiger partial charge in [-0.25, -0.2) is 0 Å². The SMILES string of the molecule is Cc1ccc(-c2cc(-c3ccccc3)cc(-c3ccccc3)p2)cc1. The summed E-state index contributed by atoms with van der Waals surface area (Å²) in [6, 6.07) is 34.8. The molecular formula is C24H19P. The Kier molecular flexibility index (Phi) is 4.46. The van der Waals surface area contributed by atoms with Gasteiger partial charge in [0.05, 0.1) is 0 Å². The molecule has 120 valence electrons. The van der Waals surface area contributed by atoms with E-state index in [2.05, 4.69) is 104 Å². The number of hydrogen-bond acceptors (Lipinski definition) is 0. The molecule has 0 saturated carbocycles. The van der Waals surface area contributed by atoms with E-state index in [0.717, 1.165) is 0 Å². The van der Waals surface area contributed by atoms with Crippen LogP contribution < -0.4 is 0 Å². The van der Waals surface area contributed by atoms with Crippen molar-refractivity contribution in [3.05, 3.63) is 103 Å². The Morgan fingerprint density at radius 1 is 0.480 bits per heavy atom. The Labute approximate surface area is 150 Å². The van der Waals surface area contributed by atoms with Crippen LogP contribution in [0.5, 0.6) is 0 Å². The third-order valence-corrected chi connectivity index (χ3v) is 5.61. The molecule has 0 bridgehead atoms. The monoisotopic (exact) mass is 338 g/mol. The maximum atomic E-state index is 2.33. The van der Waals surface area contributed by atoms with Crippen molar-refractivity contribution in [3.8, 4) is 32.8 Å². The van der Waals surface area contributed by atoms with E-state index in [-0.39, 0.29) is 0 Å². The smallest absolute Gasteiger partial charge is 0.0102 e. The molecular weight excluding hydrogens is 319 g/mol. The van der Waals surface area contributed by atoms with Gasteiger partial charge < -0.3 is 0 Å². The first-order chi connectivity index (χ1) is 12.3. The van der Waals surface area contributed by atoms with Crippen molar-refractivity contribution >= 4 is 8.19 Å². The third-order valence-electron chi connectivity index (χ3n) is 4.35. The molecule has 0 atom stereocenters. The van der Waals surface area contributed by atoms with Gasteiger partial charge in [0.15, 0.2) is 0 Å². The highest BCUT2D eigenvalue weighted by molar-refractivity contribution is 7.37. The van der Waals surface area contributed by atoms with Gasteiger partial charge in [0.2, 0.25) is 0 Å². The lowest BCUT2D eigenvalue weighted by Crippen LogP contribution is -1.82. The molecule has 0 aliphatic rings. The molecule has 1 aromatic heterocycles. The van der Waals surface area contributed by atoms with E-state index >= 15 is 0 Å². The normalized spacial score (nSPS) is 10.9. The number of aryl methyl sites for hydroxylation is 1. The van der Waals surface area contributed by atoms with Crippen LogP contribution >= 0.6 is 8.19 Å². The minimum atomic E-state index is 1.26. The van der Waals surface area contributed by atoms with Crippen LogP contribution in [0, 0.1) is 6.92 Å². The van der Waals surface area contributed by atoms with Crippen LogP contribution in [0.3, 0.4) is 0 Å². The predicted molar refractivity (Wildman–Crippen MR) is 110 cm³/mol. The zero-order valence-electron chi connectivity index (χ0n) is 14.2. The first-order valence-electron chi connectivity index (χ1n) is 8.49. The van der Waals surface area contributed by atoms with Gasteiger partial charge in [-0.2, -0.15) is 0 Å². The predicted octanol–water partition coefficient (Wildman–Crippen LogP) is 7.58. The minimum Gasteiger partial charge on any atom is -0.0622 e. The van der Waals surface area contributed by atoms with Gasteiger partial charge in [-0.3, -0.25) is 0 Å². The van der Waals surface area contributed by atoms with Crippen molar-refractivity contribution in [3.63, 3.8) is 0 Å². The zero-order valence-corrected chi connectivity index (χ0v) is 15.1. The maximum absolute atomic E-state index is 2.33. The highest BCUT2D eigenvalue weighted by Crippen LogP contribution is 2.40. The van der Waals surface area contributed by atoms with Crippen LogP contribution in [0.4, 0.5) is 0 Å². The van der Waals surface area contributed by atoms with Crippen molar-refractivity contribution in [2.24, 2.45) is 0 Å². The summed E-state index contributed by atoms with van der Waals surface area (Å²) in [7, 11) is 1.26. The first-order valence-corrected chi connectivity index (χ1v) is 9.39. The summed E-state index contributed by atoms with van der Waals surface area (Å²) < 4.78 is 0. The quantitative estimate of drug-likeness (QED) is 0.361. The van der Waals surface area contributed by atoms with Crippen molar-refractivity contribution < 1.29 is 0 Å². The van der Waals surface area contributed by atoms with E-state index < -0.39 is 0 Å². The molecule has 1 heterocycles. The molecule has 0 aliphatic carbocycles. The summed E-state index contributed by atoms with van der Waals surface area (Å²) in [6.07, 6.45) is 0. The van der Waals surface area contributed by atoms with Crippen molar-refractivity contribution in [1.82, 2.24) is 0 Å². The Bertz CT molecular complexity index is 914. The molecule has 0 spiro atoms. The Morgan fingerprint density at radius 2 is 0.960 bits per heavy atom. The van der Waals surface area contributed by atoms with E-state index in [4.69, 9.17) is 0 Å². The fraction of sp³-hybridized carbons (Fsp3) is 0.0417. The molecule has 0 aliphatic heterocycles. The molecule has 4 rings (SSSR count). The fourth-order valence-electron chi connectivity index (χ4n) is 2.96. The fourth-order valence-corrected chi connectivity index (χ4v) is 4.18. The third kappa shape index (κ3) is 3.55. The maximum Gasteiger partial charge on any atom is 0.0102 e. The van der Waals surface area contributed by atoms with Gasteiger partial charge in [-0.1, -0.05) is 98.7 Å². The summed E-state index contributed by atoms with van der Waals surface area (Å²) in [5.41, 5.74) is 6.41. The summed E-state index contributed by atoms with van der Waals surface area (Å²) in [5, 5.41) is 2.69. The van der Waals surface area contributed by atoms with Gasteiger partial charge in [0, 0.05) is 10.6 Å². The summed E-state index contributed by atoms with van der Waals surface area (Å²) in [5.74, 6) is 0. The van der Waals surface area contributed by atoms with E-state index in [0.29, 0.717) is 0 Å². The topological polar surface area (TPSA) is 0 Å². The van der Waals surface area contributed by atoms with Crippen molar-refractivity contribution in [2.75, 3.05) is 0 Å². The minimum absolute atomic E-state index is 1.26. The lowest BCUT2D eigenvalue weighted by Gasteiger charge is -2.11. The van der Waals surface area contributed by atoms with Crippen molar-refractivity contribution in [2.45, 2.75) is 6.92 Å². The number of hydrogen-bond donors (Lipinski definition) is 0. The Balaban J connectivity index is 1.90. The zero-order chi connectivity index (χ0) is 17.1. The van der Waals surface area contributed by atoms with Crippen LogP contribution in [-0.2, 0) is 0 Å². The average molecular weight is 338 g/mol. The van der Waals surface area contributed by atoms with Gasteiger partial charge in [-0.05, 0) is 41.3 Å². The van der Waals surface area contributed by atoms with Crippen LogP contribution in [0.1, 0.15) is 5.56 Å². The van der Waals surface area contributed by atoms with Crippen LogP contribution in [0.25, 0.3) is 32.8 Å². The van der Waals surface area contributed by atoms with E-state index in [1.807, 2.05) is 0 Å². The molecule has 0 nitrogen and oxygen atoms in total. The highest BCUT2D eigenvalue weighted by atomic mass is 31.0. The second-order valence-electron chi connectivity index (χ2n) is 6.22. The number of benzene rings is 3. The molecule has 3 aromatic carbocycles. The van der Waals surface area contributed by atoms with Crippen LogP contribution in [-0.4, -0.2) is 0 Å². The molecule has 0 amide bonds. The molecule has 0 N–H and O–H groups in total. The van der Waals surface area contributed by atoms with Gasteiger partial charge in [0.1, 0.15) is 0 Å². The van der Waals surface area contributed by atoms with Gasteiger partial charge in [0.25, 0.3) is 0 Å². The van der Waals surface area contributed by atoms with Gasteiger partial charge >= 0.3 is 0 Å². The molecule has 0 saturated heterocycles. The molecule has 1 heteroatoms. The van der Waals surface area contributed by atoms with Gasteiger partial charge in [-0.15, -0.1) is 0 Å². The van der Waals surface area contributed by atoms with E-state index in [1.54, 1.807) is 0 Å². The summed E-state index contributed by atoms with van der Waals surface area (Å²) >= 11 is 0. The lowest BCUT2D eigenvalue weighted by molar-refractivity contribution is 1.48. The Morgan fingerprint density at radius 3 is 1.52 bits per heavy atom. The average Bonchev–Trinajstić information content (AvgIpc) is 2.69. The molecule has 0 unspecified atom stereocenters. The summed E-state index contributed by atoms with van der Waals surface area (Å²) in [6.45, 7) is 2.13. The summed E-state index contributed by atoms with van der Waals surface area (Å²) in [4.78, 5) is 0. The molecule has 0 radical (unpaired) electrons. The second-order valence-corrected chi connectivity index (χ2v) is 7.41. The van der Waals surface area contributed by atoms with Crippen molar-refractivity contribution in [1.29, 1.82) is 0 Å². The highest BCUT2D eigenvalue weighted by Gasteiger charge is 2.07. The van der Waals surface area contributed by atoms with Crippen LogP contribution in [0.15, 0.2) is 97.1 Å². The first kappa shape index (κ1) is 15.8. The Hall–Kier alpha value is -2.69. The molecule has 0 fully saturated rings. The lowest BCUT2D eigenvalue weighted by atomic mass is 10.0. The van der Waals surface area contributed by atoms with Crippen LogP contribution in [0.2, 0.25) is 0 Å². The largest absolute Gasteiger partial charge is 0.0622 e. The standard InChI is InChI=1S/C24H19P/c1-18-12-14-21(15-13-18)24-17-22(19-8-4-2-5-9-19)16-23(25-24)20-10-6-3-7-11-20/h2-17H,1H3. The van der Waals surface area contributed by atoms with E-state index in [9.17, 15) is 0 Å². The molecule has 25 heavy (non-hydrogen) atoms. The second kappa shape index (κ2) is 7.05. The van der Waals surface area contributed by atoms with E-state index in [1.165, 1.54) is 46.6 Å².